The summed E-state index contributed by atoms with van der Waals surface area (Å²) in [6, 6.07) is 13.9. The van der Waals surface area contributed by atoms with Crippen LogP contribution >= 0.6 is 0 Å². The Kier molecular flexibility index (Phi) is 6.30. The van der Waals surface area contributed by atoms with Gasteiger partial charge in [-0.1, -0.05) is 18.2 Å². The van der Waals surface area contributed by atoms with Crippen molar-refractivity contribution in [3.8, 4) is 0 Å². The van der Waals surface area contributed by atoms with Gasteiger partial charge in [0.15, 0.2) is 0 Å². The molecule has 2 aromatic carbocycles. The fraction of sp³-hybridized carbons (Fsp3) is 0.375. The molecule has 0 aromatic heterocycles. The van der Waals surface area contributed by atoms with Crippen molar-refractivity contribution in [2.75, 3.05) is 13.1 Å². The third-order valence-corrected chi connectivity index (χ3v) is 5.92. The number of carbonyl (C=O) groups is 3. The molecule has 31 heavy (non-hydrogen) atoms. The average molecular weight is 423 g/mol. The van der Waals surface area contributed by atoms with Crippen molar-refractivity contribution >= 4 is 17.7 Å². The molecule has 3 amide bonds. The molecule has 0 radical (unpaired) electrons. The van der Waals surface area contributed by atoms with Gasteiger partial charge in [0.2, 0.25) is 5.91 Å². The minimum absolute atomic E-state index is 0.0200. The van der Waals surface area contributed by atoms with Gasteiger partial charge in [-0.25, -0.2) is 4.39 Å². The van der Waals surface area contributed by atoms with Crippen LogP contribution in [0.4, 0.5) is 4.39 Å². The number of carbonyl (C=O) groups excluding carboxylic acids is 3. The van der Waals surface area contributed by atoms with E-state index < -0.39 is 17.8 Å². The molecule has 0 bridgehead atoms. The van der Waals surface area contributed by atoms with Gasteiger partial charge >= 0.3 is 0 Å². The maximum absolute atomic E-state index is 13.2. The number of nitrogens with zero attached hydrogens (tertiary/aromatic N) is 1. The molecule has 2 fully saturated rings. The lowest BCUT2D eigenvalue weighted by atomic mass is 9.88. The van der Waals surface area contributed by atoms with Crippen LogP contribution in [0, 0.1) is 11.7 Å². The Hall–Kier alpha value is -3.22. The summed E-state index contributed by atoms with van der Waals surface area (Å²) in [5.41, 5.74) is 0.955. The van der Waals surface area contributed by atoms with Crippen LogP contribution in [0.5, 0.6) is 0 Å². The van der Waals surface area contributed by atoms with Gasteiger partial charge in [-0.15, -0.1) is 0 Å². The van der Waals surface area contributed by atoms with Crippen LogP contribution in [0.2, 0.25) is 0 Å². The summed E-state index contributed by atoms with van der Waals surface area (Å²) in [4.78, 5) is 40.1. The lowest BCUT2D eigenvalue weighted by Crippen LogP contribution is -2.54. The first-order valence-electron chi connectivity index (χ1n) is 10.7. The monoisotopic (exact) mass is 423 g/mol. The molecule has 2 aromatic rings. The van der Waals surface area contributed by atoms with Gasteiger partial charge in [0, 0.05) is 30.3 Å². The third kappa shape index (κ3) is 5.29. The quantitative estimate of drug-likeness (QED) is 0.750. The number of hydrogen-bond donors (Lipinski definition) is 2. The summed E-state index contributed by atoms with van der Waals surface area (Å²) in [6.07, 6.45) is 3.14. The third-order valence-electron chi connectivity index (χ3n) is 5.92. The van der Waals surface area contributed by atoms with E-state index in [1.165, 1.54) is 24.3 Å². The highest BCUT2D eigenvalue weighted by Crippen LogP contribution is 2.25. The normalized spacial score (nSPS) is 17.6. The van der Waals surface area contributed by atoms with E-state index in [-0.39, 0.29) is 23.8 Å². The van der Waals surface area contributed by atoms with Crippen LogP contribution in [-0.2, 0) is 4.79 Å². The van der Waals surface area contributed by atoms with Gasteiger partial charge in [0.25, 0.3) is 11.8 Å². The molecule has 1 heterocycles. The number of hydrogen-bond acceptors (Lipinski definition) is 3. The van der Waals surface area contributed by atoms with E-state index in [2.05, 4.69) is 10.6 Å². The molecule has 7 heteroatoms. The predicted octanol–water partition coefficient (Wildman–Crippen LogP) is 2.76. The van der Waals surface area contributed by atoms with Crippen LogP contribution < -0.4 is 10.6 Å². The summed E-state index contributed by atoms with van der Waals surface area (Å²) in [5.74, 6) is -1.11. The molecule has 1 saturated heterocycles. The minimum atomic E-state index is -0.688. The van der Waals surface area contributed by atoms with Crippen molar-refractivity contribution in [3.63, 3.8) is 0 Å². The van der Waals surface area contributed by atoms with Crippen molar-refractivity contribution in [2.45, 2.75) is 37.8 Å². The van der Waals surface area contributed by atoms with Gasteiger partial charge in [0.05, 0.1) is 0 Å². The van der Waals surface area contributed by atoms with Crippen LogP contribution in [-0.4, -0.2) is 47.8 Å². The Labute approximate surface area is 180 Å². The Morgan fingerprint density at radius 1 is 0.871 bits per heavy atom. The first-order valence-corrected chi connectivity index (χ1v) is 10.7. The van der Waals surface area contributed by atoms with Crippen molar-refractivity contribution in [1.82, 2.24) is 15.5 Å². The zero-order valence-electron chi connectivity index (χ0n) is 17.2. The molecule has 162 valence electrons. The van der Waals surface area contributed by atoms with Gasteiger partial charge in [0.1, 0.15) is 11.9 Å². The smallest absolute Gasteiger partial charge is 0.253 e. The molecule has 1 saturated carbocycles. The van der Waals surface area contributed by atoms with Gasteiger partial charge in [-0.05, 0) is 68.0 Å². The highest BCUT2D eigenvalue weighted by Gasteiger charge is 2.36. The largest absolute Gasteiger partial charge is 0.352 e. The Balaban J connectivity index is 1.42. The zero-order chi connectivity index (χ0) is 21.8. The van der Waals surface area contributed by atoms with E-state index in [0.717, 1.165) is 12.8 Å². The van der Waals surface area contributed by atoms with Crippen LogP contribution in [0.15, 0.2) is 54.6 Å². The van der Waals surface area contributed by atoms with Crippen LogP contribution in [0.3, 0.4) is 0 Å². The van der Waals surface area contributed by atoms with Gasteiger partial charge in [-0.3, -0.25) is 14.4 Å². The van der Waals surface area contributed by atoms with Crippen LogP contribution in [0.25, 0.3) is 0 Å². The van der Waals surface area contributed by atoms with Crippen molar-refractivity contribution in [1.29, 1.82) is 0 Å². The maximum atomic E-state index is 13.2. The average Bonchev–Trinajstić information content (AvgIpc) is 3.62. The van der Waals surface area contributed by atoms with E-state index in [9.17, 15) is 18.8 Å². The minimum Gasteiger partial charge on any atom is -0.352 e. The van der Waals surface area contributed by atoms with E-state index in [1.807, 2.05) is 18.2 Å². The number of piperidine rings is 1. The number of halogens is 1. The molecular weight excluding hydrogens is 397 g/mol. The summed E-state index contributed by atoms with van der Waals surface area (Å²) in [7, 11) is 0. The number of nitrogens with one attached hydrogen (secondary N) is 2. The highest BCUT2D eigenvalue weighted by molar-refractivity contribution is 5.98. The second kappa shape index (κ2) is 9.29. The molecule has 1 aliphatic heterocycles. The molecular formula is C24H26FN3O3. The molecule has 0 spiro atoms. The topological polar surface area (TPSA) is 78.5 Å². The van der Waals surface area contributed by atoms with Crippen molar-refractivity contribution in [3.05, 3.63) is 71.5 Å². The Morgan fingerprint density at radius 3 is 2.13 bits per heavy atom. The fourth-order valence-corrected chi connectivity index (χ4v) is 3.94. The number of amides is 3. The maximum Gasteiger partial charge on any atom is 0.253 e. The number of likely N-dealkylation sites (tertiary alicyclic amines) is 1. The summed E-state index contributed by atoms with van der Waals surface area (Å²) < 4.78 is 13.2. The summed E-state index contributed by atoms with van der Waals surface area (Å²) >= 11 is 0. The lowest BCUT2D eigenvalue weighted by molar-refractivity contribution is -0.124. The van der Waals surface area contributed by atoms with E-state index in [0.29, 0.717) is 37.1 Å². The number of rotatable bonds is 6. The van der Waals surface area contributed by atoms with E-state index in [1.54, 1.807) is 17.0 Å². The molecule has 0 unspecified atom stereocenters. The van der Waals surface area contributed by atoms with E-state index in [4.69, 9.17) is 0 Å². The fourth-order valence-electron chi connectivity index (χ4n) is 3.94. The zero-order valence-corrected chi connectivity index (χ0v) is 17.2. The molecule has 2 N–H and O–H groups in total. The first kappa shape index (κ1) is 21.0. The molecule has 2 aliphatic rings. The van der Waals surface area contributed by atoms with Crippen molar-refractivity contribution in [2.24, 2.45) is 5.92 Å². The SMILES string of the molecule is O=C(N[C@H](C(=O)NC1CC1)C1CCN(C(=O)c2ccccc2)CC1)c1ccc(F)cc1. The Bertz CT molecular complexity index is 936. The molecule has 6 nitrogen and oxygen atoms in total. The highest BCUT2D eigenvalue weighted by atomic mass is 19.1. The van der Waals surface area contributed by atoms with Gasteiger partial charge in [-0.2, -0.15) is 0 Å². The summed E-state index contributed by atoms with van der Waals surface area (Å²) in [5, 5.41) is 5.84. The number of benzene rings is 2. The Morgan fingerprint density at radius 2 is 1.52 bits per heavy atom. The molecule has 1 aliphatic carbocycles. The first-order chi connectivity index (χ1) is 15.0. The standard InChI is InChI=1S/C24H26FN3O3/c25-19-8-6-17(7-9-19)22(29)27-21(23(30)26-20-10-11-20)16-12-14-28(15-13-16)24(31)18-4-2-1-3-5-18/h1-9,16,20-21H,10-15H2,(H,26,30)(H,27,29)/t21-/m0/s1. The molecule has 1 atom stereocenters. The van der Waals surface area contributed by atoms with Crippen molar-refractivity contribution < 1.29 is 18.8 Å². The molecule has 4 rings (SSSR count). The predicted molar refractivity (Wildman–Crippen MR) is 114 cm³/mol. The van der Waals surface area contributed by atoms with Gasteiger partial charge < -0.3 is 15.5 Å². The summed E-state index contributed by atoms with van der Waals surface area (Å²) in [6.45, 7) is 1.05. The second-order valence-corrected chi connectivity index (χ2v) is 8.24. The van der Waals surface area contributed by atoms with Crippen LogP contribution in [0.1, 0.15) is 46.4 Å². The second-order valence-electron chi connectivity index (χ2n) is 8.24. The van der Waals surface area contributed by atoms with E-state index >= 15 is 0 Å². The lowest BCUT2D eigenvalue weighted by Gasteiger charge is -2.36.